The van der Waals surface area contributed by atoms with Crippen LogP contribution in [0, 0.1) is 20.9 Å². The lowest BCUT2D eigenvalue weighted by Crippen LogP contribution is -2.34. The first-order chi connectivity index (χ1) is 12.1. The molecule has 2 fully saturated rings. The maximum atomic E-state index is 11.6. The highest BCUT2D eigenvalue weighted by atomic mass is 16.6. The number of nitro groups is 1. The Morgan fingerprint density at radius 3 is 2.62 bits per heavy atom. The molecule has 0 radical (unpaired) electrons. The molecular weight excluding hydrogens is 334 g/mol. The molecule has 2 atom stereocenters. The Balaban J connectivity index is 1.89. The summed E-state index contributed by atoms with van der Waals surface area (Å²) in [6.07, 6.45) is 3.42. The van der Waals surface area contributed by atoms with Crippen LogP contribution in [0.2, 0.25) is 0 Å². The molecule has 1 saturated carbocycles. The zero-order chi connectivity index (χ0) is 18.9. The van der Waals surface area contributed by atoms with Gasteiger partial charge in [0.1, 0.15) is 5.69 Å². The van der Waals surface area contributed by atoms with Crippen molar-refractivity contribution >= 4 is 28.1 Å². The molecular formula is C18H25N5O3. The van der Waals surface area contributed by atoms with Crippen molar-refractivity contribution in [3.05, 3.63) is 16.2 Å². The van der Waals surface area contributed by atoms with Gasteiger partial charge in [0.15, 0.2) is 5.52 Å². The van der Waals surface area contributed by atoms with Gasteiger partial charge in [-0.1, -0.05) is 20.8 Å². The third-order valence-corrected chi connectivity index (χ3v) is 5.86. The maximum Gasteiger partial charge on any atom is 0.323 e. The molecule has 2 aliphatic rings. The van der Waals surface area contributed by atoms with E-state index in [9.17, 15) is 10.1 Å². The predicted octanol–water partition coefficient (Wildman–Crippen LogP) is 3.60. The fraction of sp³-hybridized carbons (Fsp3) is 0.667. The van der Waals surface area contributed by atoms with E-state index in [1.54, 1.807) is 19.0 Å². The second-order valence-electron chi connectivity index (χ2n) is 9.22. The fourth-order valence-corrected chi connectivity index (χ4v) is 5.38. The monoisotopic (exact) mass is 359 g/mol. The Bertz CT molecular complexity index is 890. The lowest BCUT2D eigenvalue weighted by atomic mass is 9.65. The summed E-state index contributed by atoms with van der Waals surface area (Å²) in [6.45, 7) is 7.93. The second-order valence-corrected chi connectivity index (χ2v) is 9.22. The van der Waals surface area contributed by atoms with Gasteiger partial charge in [0.2, 0.25) is 5.52 Å². The van der Waals surface area contributed by atoms with Crippen LogP contribution in [0.4, 0.5) is 17.1 Å². The molecule has 0 N–H and O–H groups in total. The normalized spacial score (nSPS) is 27.1. The standard InChI is InChI=1S/C18H25N5O3/c1-17(2)7-11-8-18(3,9-17)10-22(11)12-6-13(21(4)5)16(23(24)25)15-14(12)19-26-20-15/h6,11H,7-10H2,1-5H3. The smallest absolute Gasteiger partial charge is 0.323 e. The van der Waals surface area contributed by atoms with E-state index in [4.69, 9.17) is 4.63 Å². The highest BCUT2D eigenvalue weighted by molar-refractivity contribution is 6.00. The quantitative estimate of drug-likeness (QED) is 0.611. The van der Waals surface area contributed by atoms with Gasteiger partial charge in [0.25, 0.3) is 0 Å². The number of anilines is 2. The third kappa shape index (κ3) is 2.50. The van der Waals surface area contributed by atoms with E-state index in [1.165, 1.54) is 6.42 Å². The topological polar surface area (TPSA) is 88.5 Å². The third-order valence-electron chi connectivity index (χ3n) is 5.86. The summed E-state index contributed by atoms with van der Waals surface area (Å²) in [5, 5.41) is 19.5. The fourth-order valence-electron chi connectivity index (χ4n) is 5.38. The zero-order valence-corrected chi connectivity index (χ0v) is 15.9. The van der Waals surface area contributed by atoms with Crippen LogP contribution in [0.15, 0.2) is 10.7 Å². The summed E-state index contributed by atoms with van der Waals surface area (Å²) >= 11 is 0. The average Bonchev–Trinajstić information content (AvgIpc) is 3.06. The van der Waals surface area contributed by atoms with Crippen LogP contribution < -0.4 is 9.80 Å². The molecule has 1 aromatic heterocycles. The lowest BCUT2D eigenvalue weighted by molar-refractivity contribution is -0.382. The minimum Gasteiger partial charge on any atom is -0.372 e. The molecule has 2 heterocycles. The van der Waals surface area contributed by atoms with Gasteiger partial charge in [0.05, 0.1) is 10.6 Å². The molecule has 1 saturated heterocycles. The summed E-state index contributed by atoms with van der Waals surface area (Å²) in [7, 11) is 3.61. The van der Waals surface area contributed by atoms with Crippen LogP contribution in [-0.4, -0.2) is 41.9 Å². The van der Waals surface area contributed by atoms with E-state index in [0.29, 0.717) is 22.7 Å². The van der Waals surface area contributed by atoms with Crippen molar-refractivity contribution in [1.82, 2.24) is 10.3 Å². The lowest BCUT2D eigenvalue weighted by Gasteiger charge is -2.39. The minimum absolute atomic E-state index is 0.0521. The van der Waals surface area contributed by atoms with E-state index < -0.39 is 4.92 Å². The van der Waals surface area contributed by atoms with Gasteiger partial charge < -0.3 is 9.80 Å². The summed E-state index contributed by atoms with van der Waals surface area (Å²) in [4.78, 5) is 15.4. The number of benzene rings is 1. The number of rotatable bonds is 3. The number of aromatic nitrogens is 2. The van der Waals surface area contributed by atoms with Gasteiger partial charge in [0, 0.05) is 26.7 Å². The minimum atomic E-state index is -0.404. The van der Waals surface area contributed by atoms with Crippen molar-refractivity contribution in [1.29, 1.82) is 0 Å². The molecule has 4 rings (SSSR count). The van der Waals surface area contributed by atoms with Crippen LogP contribution in [0.25, 0.3) is 11.0 Å². The Labute approximate surface area is 152 Å². The first-order valence-electron chi connectivity index (χ1n) is 8.98. The van der Waals surface area contributed by atoms with Gasteiger partial charge in [-0.05, 0) is 46.5 Å². The van der Waals surface area contributed by atoms with E-state index in [1.807, 2.05) is 6.07 Å². The molecule has 1 aliphatic heterocycles. The van der Waals surface area contributed by atoms with E-state index in [2.05, 4.69) is 36.0 Å². The SMILES string of the molecule is CN(C)c1cc(N2CC3(C)CC2CC(C)(C)C3)c2nonc2c1[N+](=O)[O-]. The number of nitrogens with zero attached hydrogens (tertiary/aromatic N) is 5. The molecule has 2 aromatic rings. The van der Waals surface area contributed by atoms with Crippen molar-refractivity contribution in [3.8, 4) is 0 Å². The Morgan fingerprint density at radius 2 is 1.96 bits per heavy atom. The highest BCUT2D eigenvalue weighted by Crippen LogP contribution is 2.54. The van der Waals surface area contributed by atoms with Crippen molar-refractivity contribution in [2.45, 2.75) is 46.1 Å². The van der Waals surface area contributed by atoms with Gasteiger partial charge in [-0.25, -0.2) is 4.63 Å². The largest absolute Gasteiger partial charge is 0.372 e. The molecule has 1 aromatic carbocycles. The number of fused-ring (bicyclic) bond motifs is 3. The number of hydrogen-bond acceptors (Lipinski definition) is 7. The molecule has 26 heavy (non-hydrogen) atoms. The molecule has 2 unspecified atom stereocenters. The molecule has 8 heteroatoms. The molecule has 0 amide bonds. The Morgan fingerprint density at radius 1 is 1.27 bits per heavy atom. The van der Waals surface area contributed by atoms with Crippen molar-refractivity contribution in [3.63, 3.8) is 0 Å². The first-order valence-corrected chi connectivity index (χ1v) is 8.98. The van der Waals surface area contributed by atoms with Crippen molar-refractivity contribution < 1.29 is 9.55 Å². The Hall–Kier alpha value is -2.38. The number of nitro benzene ring substituents is 1. The summed E-state index contributed by atoms with van der Waals surface area (Å²) in [5.41, 5.74) is 2.61. The van der Waals surface area contributed by atoms with Crippen molar-refractivity contribution in [2.75, 3.05) is 30.4 Å². The zero-order valence-electron chi connectivity index (χ0n) is 15.9. The van der Waals surface area contributed by atoms with Crippen LogP contribution in [0.1, 0.15) is 40.0 Å². The average molecular weight is 359 g/mol. The number of hydrogen-bond donors (Lipinski definition) is 0. The van der Waals surface area contributed by atoms with E-state index in [0.717, 1.165) is 25.1 Å². The first kappa shape index (κ1) is 17.1. The Kier molecular flexibility index (Phi) is 3.48. The van der Waals surface area contributed by atoms with E-state index in [-0.39, 0.29) is 16.6 Å². The molecule has 2 bridgehead atoms. The van der Waals surface area contributed by atoms with Crippen LogP contribution >= 0.6 is 0 Å². The highest BCUT2D eigenvalue weighted by Gasteiger charge is 2.50. The van der Waals surface area contributed by atoms with Crippen molar-refractivity contribution in [2.24, 2.45) is 10.8 Å². The van der Waals surface area contributed by atoms with Crippen LogP contribution in [0.5, 0.6) is 0 Å². The maximum absolute atomic E-state index is 11.6. The second kappa shape index (κ2) is 5.31. The van der Waals surface area contributed by atoms with Crippen LogP contribution in [-0.2, 0) is 0 Å². The van der Waals surface area contributed by atoms with Gasteiger partial charge in [-0.3, -0.25) is 10.1 Å². The van der Waals surface area contributed by atoms with Gasteiger partial charge in [-0.15, -0.1) is 0 Å². The van der Waals surface area contributed by atoms with E-state index >= 15 is 0 Å². The van der Waals surface area contributed by atoms with Gasteiger partial charge >= 0.3 is 5.69 Å². The van der Waals surface area contributed by atoms with Gasteiger partial charge in [-0.2, -0.15) is 0 Å². The molecule has 8 nitrogen and oxygen atoms in total. The molecule has 0 spiro atoms. The van der Waals surface area contributed by atoms with Crippen LogP contribution in [0.3, 0.4) is 0 Å². The summed E-state index contributed by atoms with van der Waals surface area (Å²) in [6, 6.07) is 2.28. The summed E-state index contributed by atoms with van der Waals surface area (Å²) < 4.78 is 4.92. The molecule has 1 aliphatic carbocycles. The molecule has 140 valence electrons. The summed E-state index contributed by atoms with van der Waals surface area (Å²) in [5.74, 6) is 0. The predicted molar refractivity (Wildman–Crippen MR) is 99.7 cm³/mol.